The zero-order valence-electron chi connectivity index (χ0n) is 10.4. The molecule has 18 heavy (non-hydrogen) atoms. The van der Waals surface area contributed by atoms with Crippen molar-refractivity contribution in [2.24, 2.45) is 0 Å². The molecule has 98 valence electrons. The van der Waals surface area contributed by atoms with Crippen molar-refractivity contribution in [1.29, 1.82) is 0 Å². The maximum absolute atomic E-state index is 12.0. The van der Waals surface area contributed by atoms with Crippen LogP contribution in [0.4, 0.5) is 0 Å². The van der Waals surface area contributed by atoms with Gasteiger partial charge in [-0.2, -0.15) is 0 Å². The number of amides is 1. The van der Waals surface area contributed by atoms with E-state index >= 15 is 0 Å². The average Bonchev–Trinajstić information content (AvgIpc) is 2.92. The highest BCUT2D eigenvalue weighted by Gasteiger charge is 2.26. The van der Waals surface area contributed by atoms with Gasteiger partial charge in [-0.1, -0.05) is 30.3 Å². The van der Waals surface area contributed by atoms with Crippen molar-refractivity contribution in [2.75, 3.05) is 6.61 Å². The van der Waals surface area contributed by atoms with E-state index in [9.17, 15) is 4.79 Å². The number of halogens is 1. The molecule has 1 aromatic rings. The van der Waals surface area contributed by atoms with Crippen molar-refractivity contribution >= 4 is 17.5 Å². The third kappa shape index (κ3) is 3.24. The van der Waals surface area contributed by atoms with Crippen molar-refractivity contribution in [3.8, 4) is 0 Å². The second-order valence-electron chi connectivity index (χ2n) is 4.62. The normalized spacial score (nSPS) is 22.4. The largest absolute Gasteiger partial charge is 0.376 e. The number of carbonyl (C=O) groups is 1. The van der Waals surface area contributed by atoms with E-state index in [0.29, 0.717) is 0 Å². The molecule has 1 amide bonds. The Labute approximate surface area is 112 Å². The molecule has 0 saturated carbocycles. The fraction of sp³-hybridized carbons (Fsp3) is 0.500. The van der Waals surface area contributed by atoms with Gasteiger partial charge >= 0.3 is 0 Å². The lowest BCUT2D eigenvalue weighted by molar-refractivity contribution is -0.122. The quantitative estimate of drug-likeness (QED) is 0.852. The van der Waals surface area contributed by atoms with Crippen LogP contribution in [0.3, 0.4) is 0 Å². The molecule has 1 aliphatic heterocycles. The van der Waals surface area contributed by atoms with Gasteiger partial charge in [0.25, 0.3) is 0 Å². The summed E-state index contributed by atoms with van der Waals surface area (Å²) >= 11 is 6.15. The molecule has 3 unspecified atom stereocenters. The molecule has 1 aliphatic rings. The Kier molecular flexibility index (Phi) is 4.61. The lowest BCUT2D eigenvalue weighted by Crippen LogP contribution is -2.42. The molecule has 0 bridgehead atoms. The average molecular weight is 268 g/mol. The van der Waals surface area contributed by atoms with Gasteiger partial charge in [-0.05, 0) is 25.3 Å². The van der Waals surface area contributed by atoms with E-state index in [0.717, 1.165) is 25.0 Å². The molecule has 3 nitrogen and oxygen atoms in total. The molecule has 0 radical (unpaired) electrons. The van der Waals surface area contributed by atoms with Crippen molar-refractivity contribution in [3.63, 3.8) is 0 Å². The van der Waals surface area contributed by atoms with E-state index in [2.05, 4.69) is 5.32 Å². The first-order valence-electron chi connectivity index (χ1n) is 6.29. The fourth-order valence-electron chi connectivity index (χ4n) is 2.16. The number of alkyl halides is 1. The molecule has 1 fully saturated rings. The number of rotatable bonds is 4. The minimum atomic E-state index is -0.643. The Morgan fingerprint density at radius 1 is 1.44 bits per heavy atom. The van der Waals surface area contributed by atoms with Crippen LogP contribution in [-0.4, -0.2) is 24.7 Å². The van der Waals surface area contributed by atoms with E-state index in [-0.39, 0.29) is 18.1 Å². The van der Waals surface area contributed by atoms with E-state index < -0.39 is 5.38 Å². The maximum Gasteiger partial charge on any atom is 0.242 e. The molecule has 3 atom stereocenters. The Hall–Kier alpha value is -1.06. The van der Waals surface area contributed by atoms with E-state index in [1.165, 1.54) is 0 Å². The summed E-state index contributed by atoms with van der Waals surface area (Å²) < 4.78 is 5.54. The fourth-order valence-corrected chi connectivity index (χ4v) is 2.37. The minimum absolute atomic E-state index is 0.00459. The molecular weight excluding hydrogens is 250 g/mol. The van der Waals surface area contributed by atoms with E-state index in [1.807, 2.05) is 37.3 Å². The van der Waals surface area contributed by atoms with Gasteiger partial charge in [0, 0.05) is 6.61 Å². The third-order valence-electron chi connectivity index (χ3n) is 3.21. The summed E-state index contributed by atoms with van der Waals surface area (Å²) in [4.78, 5) is 12.0. The maximum atomic E-state index is 12.0. The van der Waals surface area contributed by atoms with Crippen LogP contribution in [0.25, 0.3) is 0 Å². The summed E-state index contributed by atoms with van der Waals surface area (Å²) in [5, 5.41) is 2.28. The molecule has 0 aliphatic carbocycles. The summed E-state index contributed by atoms with van der Waals surface area (Å²) in [5.41, 5.74) is 0.816. The molecule has 1 saturated heterocycles. The predicted molar refractivity (Wildman–Crippen MR) is 71.6 cm³/mol. The first-order valence-corrected chi connectivity index (χ1v) is 6.73. The summed E-state index contributed by atoms with van der Waals surface area (Å²) in [5.74, 6) is -0.161. The monoisotopic (exact) mass is 267 g/mol. The number of carbonyl (C=O) groups excluding carboxylic acids is 1. The van der Waals surface area contributed by atoms with Gasteiger partial charge in [-0.25, -0.2) is 0 Å². The van der Waals surface area contributed by atoms with Gasteiger partial charge in [0.05, 0.1) is 12.1 Å². The van der Waals surface area contributed by atoms with Gasteiger partial charge in [-0.15, -0.1) is 11.6 Å². The van der Waals surface area contributed by atoms with Crippen molar-refractivity contribution in [2.45, 2.75) is 37.3 Å². The van der Waals surface area contributed by atoms with Crippen LogP contribution >= 0.6 is 11.6 Å². The van der Waals surface area contributed by atoms with Gasteiger partial charge in [0.2, 0.25) is 5.91 Å². The van der Waals surface area contributed by atoms with Gasteiger partial charge < -0.3 is 10.1 Å². The van der Waals surface area contributed by atoms with Crippen molar-refractivity contribution in [3.05, 3.63) is 35.9 Å². The predicted octanol–water partition coefficient (Wildman–Crippen LogP) is 2.65. The molecule has 1 aromatic carbocycles. The molecule has 2 rings (SSSR count). The van der Waals surface area contributed by atoms with Crippen LogP contribution in [0.15, 0.2) is 30.3 Å². The highest BCUT2D eigenvalue weighted by atomic mass is 35.5. The summed E-state index contributed by atoms with van der Waals surface area (Å²) in [6, 6.07) is 9.37. The first-order chi connectivity index (χ1) is 8.68. The highest BCUT2D eigenvalue weighted by molar-refractivity contribution is 6.30. The van der Waals surface area contributed by atoms with Crippen LogP contribution < -0.4 is 5.32 Å². The second kappa shape index (κ2) is 6.21. The Morgan fingerprint density at radius 3 is 2.78 bits per heavy atom. The first kappa shape index (κ1) is 13.4. The van der Waals surface area contributed by atoms with Gasteiger partial charge in [0.15, 0.2) is 0 Å². The summed E-state index contributed by atoms with van der Waals surface area (Å²) in [6.07, 6.45) is 2.18. The molecule has 1 heterocycles. The van der Waals surface area contributed by atoms with E-state index in [4.69, 9.17) is 16.3 Å². The standard InChI is InChI=1S/C14H18ClNO2/c1-10(12-8-5-9-18-12)16-14(17)13(15)11-6-3-2-4-7-11/h2-4,6-7,10,12-13H,5,8-9H2,1H3,(H,16,17). The van der Waals surface area contributed by atoms with E-state index in [1.54, 1.807) is 0 Å². The SMILES string of the molecule is CC(NC(=O)C(Cl)c1ccccc1)C1CCCO1. The smallest absolute Gasteiger partial charge is 0.242 e. The molecular formula is C14H18ClNO2. The van der Waals surface area contributed by atoms with Gasteiger partial charge in [0.1, 0.15) is 5.38 Å². The Bertz CT molecular complexity index is 390. The minimum Gasteiger partial charge on any atom is -0.376 e. The summed E-state index contributed by atoms with van der Waals surface area (Å²) in [7, 11) is 0. The molecule has 1 N–H and O–H groups in total. The highest BCUT2D eigenvalue weighted by Crippen LogP contribution is 2.21. The number of hydrogen-bond acceptors (Lipinski definition) is 2. The summed E-state index contributed by atoms with van der Waals surface area (Å²) in [6.45, 7) is 2.75. The Balaban J connectivity index is 1.91. The van der Waals surface area contributed by atoms with Crippen LogP contribution in [0.1, 0.15) is 30.7 Å². The topological polar surface area (TPSA) is 38.3 Å². The molecule has 0 aromatic heterocycles. The number of nitrogens with one attached hydrogen (secondary N) is 1. The molecule has 0 spiro atoms. The number of ether oxygens (including phenoxy) is 1. The van der Waals surface area contributed by atoms with Crippen molar-refractivity contribution < 1.29 is 9.53 Å². The lowest BCUT2D eigenvalue weighted by atomic mass is 10.1. The van der Waals surface area contributed by atoms with Crippen LogP contribution in [0.5, 0.6) is 0 Å². The van der Waals surface area contributed by atoms with Crippen LogP contribution in [-0.2, 0) is 9.53 Å². The Morgan fingerprint density at radius 2 is 2.17 bits per heavy atom. The third-order valence-corrected chi connectivity index (χ3v) is 3.67. The lowest BCUT2D eigenvalue weighted by Gasteiger charge is -2.21. The van der Waals surface area contributed by atoms with Crippen LogP contribution in [0.2, 0.25) is 0 Å². The van der Waals surface area contributed by atoms with Gasteiger partial charge in [-0.3, -0.25) is 4.79 Å². The molecule has 4 heteroatoms. The second-order valence-corrected chi connectivity index (χ2v) is 5.06. The number of hydrogen-bond donors (Lipinski definition) is 1. The zero-order valence-corrected chi connectivity index (χ0v) is 11.2. The van der Waals surface area contributed by atoms with Crippen molar-refractivity contribution in [1.82, 2.24) is 5.32 Å². The number of benzene rings is 1. The van der Waals surface area contributed by atoms with Crippen LogP contribution in [0, 0.1) is 0 Å². The zero-order chi connectivity index (χ0) is 13.0.